The minimum Gasteiger partial charge on any atom is -0.508 e. The lowest BCUT2D eigenvalue weighted by molar-refractivity contribution is 0.475. The number of aromatic hydroxyl groups is 1. The molecule has 1 aromatic rings. The van der Waals surface area contributed by atoms with Crippen LogP contribution in [0.5, 0.6) is 5.75 Å². The number of rotatable bonds is 1. The first-order valence-electron chi connectivity index (χ1n) is 3.41. The third kappa shape index (κ3) is 1.92. The van der Waals surface area contributed by atoms with Gasteiger partial charge in [-0.1, -0.05) is 6.07 Å². The molecule has 0 unspecified atom stereocenters. The van der Waals surface area contributed by atoms with E-state index in [-0.39, 0.29) is 10.9 Å². The van der Waals surface area contributed by atoms with Gasteiger partial charge in [0.15, 0.2) is 5.17 Å². The molecule has 0 atom stereocenters. The molecule has 0 saturated heterocycles. The normalized spacial score (nSPS) is 9.50. The van der Waals surface area contributed by atoms with Gasteiger partial charge in [-0.15, -0.1) is 12.6 Å². The molecular formula is C8H10N2OS. The molecule has 4 heteroatoms. The van der Waals surface area contributed by atoms with Crippen molar-refractivity contribution in [2.75, 3.05) is 11.9 Å². The molecule has 0 aliphatic carbocycles. The summed E-state index contributed by atoms with van der Waals surface area (Å²) in [7, 11) is 1.71. The van der Waals surface area contributed by atoms with Crippen LogP contribution in [0.1, 0.15) is 0 Å². The highest BCUT2D eigenvalue weighted by Gasteiger charge is 2.02. The average Bonchev–Trinajstić information content (AvgIpc) is 2.03. The minimum absolute atomic E-state index is 0.139. The Kier molecular flexibility index (Phi) is 2.60. The fourth-order valence-corrected chi connectivity index (χ4v) is 0.939. The van der Waals surface area contributed by atoms with Crippen molar-refractivity contribution >= 4 is 23.5 Å². The second-order valence-electron chi connectivity index (χ2n) is 2.40. The molecule has 0 fully saturated rings. The first-order valence-corrected chi connectivity index (χ1v) is 3.86. The third-order valence-electron chi connectivity index (χ3n) is 1.53. The maximum atomic E-state index is 9.12. The highest BCUT2D eigenvalue weighted by atomic mass is 32.1. The molecule has 0 aliphatic heterocycles. The molecule has 0 saturated carbocycles. The minimum atomic E-state index is 0.139. The lowest BCUT2D eigenvalue weighted by Crippen LogP contribution is -2.19. The van der Waals surface area contributed by atoms with Crippen LogP contribution in [-0.4, -0.2) is 17.3 Å². The van der Waals surface area contributed by atoms with Gasteiger partial charge in [0.1, 0.15) is 5.75 Å². The standard InChI is InChI=1S/C8H10N2OS/c1-10(8(9)12)6-3-2-4-7(11)5-6/h2-5,11H,1H3,(H2,9,12). The van der Waals surface area contributed by atoms with Crippen molar-refractivity contribution in [1.82, 2.24) is 0 Å². The number of thiol groups is 1. The number of nitrogens with one attached hydrogen (secondary N) is 1. The van der Waals surface area contributed by atoms with E-state index in [9.17, 15) is 0 Å². The van der Waals surface area contributed by atoms with Crippen LogP contribution < -0.4 is 4.90 Å². The molecule has 0 radical (unpaired) electrons. The predicted molar refractivity (Wildman–Crippen MR) is 53.2 cm³/mol. The quantitative estimate of drug-likeness (QED) is 0.351. The number of hydrogen-bond acceptors (Lipinski definition) is 2. The largest absolute Gasteiger partial charge is 0.508 e. The summed E-state index contributed by atoms with van der Waals surface area (Å²) in [5, 5.41) is 16.5. The lowest BCUT2D eigenvalue weighted by Gasteiger charge is -2.16. The SMILES string of the molecule is CN(C(=N)S)c1cccc(O)c1. The molecule has 0 amide bonds. The molecule has 64 valence electrons. The number of amidine groups is 1. The van der Waals surface area contributed by atoms with E-state index in [0.717, 1.165) is 5.69 Å². The Morgan fingerprint density at radius 3 is 2.75 bits per heavy atom. The third-order valence-corrected chi connectivity index (χ3v) is 1.83. The van der Waals surface area contributed by atoms with Crippen molar-refractivity contribution in [2.45, 2.75) is 0 Å². The first-order chi connectivity index (χ1) is 5.61. The summed E-state index contributed by atoms with van der Waals surface area (Å²) in [5.41, 5.74) is 0.745. The summed E-state index contributed by atoms with van der Waals surface area (Å²) in [4.78, 5) is 1.56. The first kappa shape index (κ1) is 8.93. The van der Waals surface area contributed by atoms with Gasteiger partial charge < -0.3 is 10.0 Å². The van der Waals surface area contributed by atoms with Crippen molar-refractivity contribution in [3.63, 3.8) is 0 Å². The summed E-state index contributed by atoms with van der Waals surface area (Å²) in [6.45, 7) is 0. The number of anilines is 1. The topological polar surface area (TPSA) is 47.3 Å². The summed E-state index contributed by atoms with van der Waals surface area (Å²) in [5.74, 6) is 0.189. The van der Waals surface area contributed by atoms with Crippen LogP contribution in [-0.2, 0) is 0 Å². The summed E-state index contributed by atoms with van der Waals surface area (Å²) in [6.07, 6.45) is 0. The molecule has 0 heterocycles. The summed E-state index contributed by atoms with van der Waals surface area (Å²) < 4.78 is 0. The van der Waals surface area contributed by atoms with E-state index in [1.54, 1.807) is 36.2 Å². The maximum Gasteiger partial charge on any atom is 0.157 e. The van der Waals surface area contributed by atoms with Gasteiger partial charge in [0.25, 0.3) is 0 Å². The molecule has 1 aromatic carbocycles. The van der Waals surface area contributed by atoms with E-state index in [1.807, 2.05) is 0 Å². The van der Waals surface area contributed by atoms with Crippen molar-refractivity contribution in [3.05, 3.63) is 24.3 Å². The number of phenolic OH excluding ortho intramolecular Hbond substituents is 1. The van der Waals surface area contributed by atoms with Crippen LogP contribution in [0.4, 0.5) is 5.69 Å². The molecule has 2 N–H and O–H groups in total. The Bertz CT molecular complexity index is 301. The Balaban J connectivity index is 2.95. The Hall–Kier alpha value is -1.16. The highest BCUT2D eigenvalue weighted by molar-refractivity contribution is 7.97. The second kappa shape index (κ2) is 3.49. The molecule has 12 heavy (non-hydrogen) atoms. The number of nitrogens with zero attached hydrogens (tertiary/aromatic N) is 1. The second-order valence-corrected chi connectivity index (χ2v) is 2.83. The van der Waals surface area contributed by atoms with Gasteiger partial charge in [-0.2, -0.15) is 0 Å². The monoisotopic (exact) mass is 182 g/mol. The van der Waals surface area contributed by atoms with Crippen LogP contribution in [0.3, 0.4) is 0 Å². The van der Waals surface area contributed by atoms with E-state index in [0.29, 0.717) is 0 Å². The maximum absolute atomic E-state index is 9.12. The van der Waals surface area contributed by atoms with E-state index in [4.69, 9.17) is 10.5 Å². The van der Waals surface area contributed by atoms with Gasteiger partial charge in [0.2, 0.25) is 0 Å². The summed E-state index contributed by atoms with van der Waals surface area (Å²) >= 11 is 3.87. The van der Waals surface area contributed by atoms with Crippen molar-refractivity contribution in [2.24, 2.45) is 0 Å². The van der Waals surface area contributed by atoms with Gasteiger partial charge in [0, 0.05) is 18.8 Å². The van der Waals surface area contributed by atoms with Crippen LogP contribution in [0.2, 0.25) is 0 Å². The van der Waals surface area contributed by atoms with Crippen molar-refractivity contribution < 1.29 is 5.11 Å². The van der Waals surface area contributed by atoms with Crippen LogP contribution >= 0.6 is 12.6 Å². The van der Waals surface area contributed by atoms with E-state index in [2.05, 4.69) is 12.6 Å². The Morgan fingerprint density at radius 2 is 2.25 bits per heavy atom. The zero-order valence-electron chi connectivity index (χ0n) is 6.65. The number of benzene rings is 1. The zero-order chi connectivity index (χ0) is 9.14. The molecule has 0 aromatic heterocycles. The van der Waals surface area contributed by atoms with Gasteiger partial charge in [-0.05, 0) is 12.1 Å². The van der Waals surface area contributed by atoms with Crippen molar-refractivity contribution in [1.29, 1.82) is 5.41 Å². The Morgan fingerprint density at radius 1 is 1.58 bits per heavy atom. The van der Waals surface area contributed by atoms with Gasteiger partial charge in [-0.25, -0.2) is 0 Å². The number of phenols is 1. The van der Waals surface area contributed by atoms with Crippen molar-refractivity contribution in [3.8, 4) is 5.75 Å². The molecule has 0 spiro atoms. The predicted octanol–water partition coefficient (Wildman–Crippen LogP) is 1.69. The van der Waals surface area contributed by atoms with Gasteiger partial charge in [-0.3, -0.25) is 5.41 Å². The van der Waals surface area contributed by atoms with Crippen LogP contribution in [0.25, 0.3) is 0 Å². The highest BCUT2D eigenvalue weighted by Crippen LogP contribution is 2.19. The Labute approximate surface area is 76.6 Å². The fraction of sp³-hybridized carbons (Fsp3) is 0.125. The molecule has 0 aliphatic rings. The van der Waals surface area contributed by atoms with Crippen LogP contribution in [0, 0.1) is 5.41 Å². The smallest absolute Gasteiger partial charge is 0.157 e. The lowest BCUT2D eigenvalue weighted by atomic mass is 10.3. The van der Waals surface area contributed by atoms with Gasteiger partial charge in [0.05, 0.1) is 0 Å². The van der Waals surface area contributed by atoms with E-state index in [1.165, 1.54) is 0 Å². The fourth-order valence-electron chi connectivity index (χ4n) is 0.824. The molecule has 1 rings (SSSR count). The molecule has 3 nitrogen and oxygen atoms in total. The van der Waals surface area contributed by atoms with E-state index >= 15 is 0 Å². The van der Waals surface area contributed by atoms with Gasteiger partial charge >= 0.3 is 0 Å². The zero-order valence-corrected chi connectivity index (χ0v) is 7.55. The van der Waals surface area contributed by atoms with E-state index < -0.39 is 0 Å². The summed E-state index contributed by atoms with van der Waals surface area (Å²) in [6, 6.07) is 6.67. The average molecular weight is 182 g/mol. The number of hydrogen-bond donors (Lipinski definition) is 3. The molecule has 0 bridgehead atoms. The van der Waals surface area contributed by atoms with Crippen LogP contribution in [0.15, 0.2) is 24.3 Å². The molecular weight excluding hydrogens is 172 g/mol.